The Morgan fingerprint density at radius 2 is 0.604 bits per heavy atom. The Morgan fingerprint density at radius 1 is 0.396 bits per heavy atom. The summed E-state index contributed by atoms with van der Waals surface area (Å²) in [4.78, 5) is 122. The van der Waals surface area contributed by atoms with E-state index in [0.29, 0.717) is 6.55 Å². The van der Waals surface area contributed by atoms with E-state index >= 15 is 0 Å². The Hall–Kier alpha value is 1.71. The second kappa shape index (κ2) is 17.0. The molecule has 0 aromatic carbocycles. The lowest BCUT2D eigenvalue weighted by Crippen LogP contribution is -2.44. The summed E-state index contributed by atoms with van der Waals surface area (Å²) in [7, 11) is -57.0. The molecule has 0 saturated carbocycles. The highest BCUT2D eigenvalue weighted by Gasteiger charge is 2.53. The molecule has 0 radical (unpaired) electrons. The van der Waals surface area contributed by atoms with Crippen molar-refractivity contribution >= 4 is 95.0 Å². The standard InChI is InChI=1S/C10H37O27P7Si4/c1-38(11,12)30-47(4,34-42(22,23)24)9-10-48(5,35-43(25,26)27)37-44(28,29)36-46(3,33-41(19,20)21)8-6-7-45(2,31-39(13,14)15)32-40(16,17)18/h11-12H,1,6-10H2,2-5H3,(H,28,29)(H2,13,14,15)(H2,16,17,18)(H2,19,20,21)(H2,22,23,24)(H2,25,26,27). The van der Waals surface area contributed by atoms with Gasteiger partial charge in [0.2, 0.25) is 7.57 Å². The smallest absolute Gasteiger partial charge is 0.334 e. The highest BCUT2D eigenvalue weighted by Crippen LogP contribution is 2.57. The number of phosphoric acid groups is 6. The molecular weight excluding hydrogens is 881 g/mol. The van der Waals surface area contributed by atoms with Crippen LogP contribution in [0.2, 0.25) is 50.4 Å². The van der Waals surface area contributed by atoms with Gasteiger partial charge in [-0.2, -0.15) is 0 Å². The maximum absolute atomic E-state index is 13.1. The molecule has 13 N–H and O–H groups in total. The van der Waals surface area contributed by atoms with Crippen molar-refractivity contribution in [3.05, 3.63) is 0 Å². The fraction of sp³-hybridized carbons (Fsp3) is 0.900. The van der Waals surface area contributed by atoms with Gasteiger partial charge in [0, 0.05) is 0 Å². The van der Waals surface area contributed by atoms with E-state index < -0.39 is 119 Å². The van der Waals surface area contributed by atoms with E-state index in [1.807, 2.05) is 0 Å². The number of hydrogen-bond donors (Lipinski definition) is 13. The van der Waals surface area contributed by atoms with Crippen molar-refractivity contribution in [3.8, 4) is 0 Å². The summed E-state index contributed by atoms with van der Waals surface area (Å²) in [6, 6.07) is -3.53. The van der Waals surface area contributed by atoms with Gasteiger partial charge in [-0.05, 0) is 63.1 Å². The highest BCUT2D eigenvalue weighted by molar-refractivity contribution is 7.59. The normalized spacial score (nSPS) is 19.6. The molecule has 0 saturated heterocycles. The van der Waals surface area contributed by atoms with Gasteiger partial charge >= 0.3 is 81.2 Å². The second-order valence-electron chi connectivity index (χ2n) is 10.2. The summed E-state index contributed by atoms with van der Waals surface area (Å²) in [6.07, 6.45) is 2.21. The van der Waals surface area contributed by atoms with Gasteiger partial charge in [0.15, 0.2) is 0 Å². The van der Waals surface area contributed by atoms with Crippen LogP contribution in [0.3, 0.4) is 0 Å². The molecule has 0 fully saturated rings. The van der Waals surface area contributed by atoms with Crippen molar-refractivity contribution in [1.82, 2.24) is 0 Å². The SMILES string of the molecule is C=P(O)(O)O[Si](C)(CC[Si](C)(OP(=O)(O)O)OP(=O)(O)O[Si](C)(CCC[Si](C)(OP(=O)(O)O)OP(=O)(O)O)OP(=O)(O)O)OP(=O)(O)O. The van der Waals surface area contributed by atoms with Crippen LogP contribution in [0.15, 0.2) is 0 Å². The molecule has 0 spiro atoms. The molecule has 0 aliphatic rings. The molecule has 0 aromatic rings. The lowest BCUT2D eigenvalue weighted by atomic mass is 10.6. The average molecular weight is 919 g/mol. The van der Waals surface area contributed by atoms with E-state index in [2.05, 4.69) is 27.4 Å². The maximum atomic E-state index is 13.1. The number of hydrogen-bond acceptors (Lipinski definition) is 16. The van der Waals surface area contributed by atoms with Gasteiger partial charge in [0.25, 0.3) is 0 Å². The minimum absolute atomic E-state index is 0.641. The molecule has 0 bridgehead atoms. The minimum atomic E-state index is -5.86. The molecule has 0 rings (SSSR count). The maximum Gasteiger partial charge on any atom is 0.461 e. The summed E-state index contributed by atoms with van der Waals surface area (Å²) in [5.74, 6) is 0. The summed E-state index contributed by atoms with van der Waals surface area (Å²) in [5.41, 5.74) is 0. The molecule has 4 atom stereocenters. The van der Waals surface area contributed by atoms with Crippen molar-refractivity contribution in [2.45, 2.75) is 56.8 Å². The van der Waals surface area contributed by atoms with E-state index in [-0.39, 0.29) is 0 Å². The molecule has 48 heavy (non-hydrogen) atoms. The van der Waals surface area contributed by atoms with Gasteiger partial charge in [-0.25, -0.2) is 27.4 Å². The van der Waals surface area contributed by atoms with E-state index in [0.717, 1.165) is 19.6 Å². The van der Waals surface area contributed by atoms with Crippen LogP contribution in [0.4, 0.5) is 0 Å². The van der Waals surface area contributed by atoms with Crippen LogP contribution in [0.1, 0.15) is 6.42 Å². The Labute approximate surface area is 276 Å². The average Bonchev–Trinajstić information content (AvgIpc) is 2.61. The zero-order chi connectivity index (χ0) is 38.7. The van der Waals surface area contributed by atoms with Crippen LogP contribution in [-0.4, -0.2) is 104 Å². The van der Waals surface area contributed by atoms with Crippen molar-refractivity contribution in [3.63, 3.8) is 0 Å². The minimum Gasteiger partial charge on any atom is -0.334 e. The highest BCUT2D eigenvalue weighted by atomic mass is 31.2. The summed E-state index contributed by atoms with van der Waals surface area (Å²) in [6.45, 7) is 3.06. The molecule has 0 aromatic heterocycles. The third kappa shape index (κ3) is 24.9. The van der Waals surface area contributed by atoms with Gasteiger partial charge in [-0.15, -0.1) is 0 Å². The first-order chi connectivity index (χ1) is 20.6. The van der Waals surface area contributed by atoms with Crippen molar-refractivity contribution < 1.29 is 125 Å². The van der Waals surface area contributed by atoms with Gasteiger partial charge in [0.05, 0.1) is 0 Å². The van der Waals surface area contributed by atoms with Crippen LogP contribution < -0.4 is 0 Å². The largest absolute Gasteiger partial charge is 0.461 e. The first-order valence-corrected chi connectivity index (χ1v) is 33.1. The van der Waals surface area contributed by atoms with Gasteiger partial charge in [0.1, 0.15) is 0 Å². The van der Waals surface area contributed by atoms with E-state index in [4.69, 9.17) is 32.2 Å². The molecule has 0 heterocycles. The zero-order valence-corrected chi connectivity index (χ0v) is 35.2. The Bertz CT molecular complexity index is 1390. The molecule has 0 aliphatic heterocycles. The summed E-state index contributed by atoms with van der Waals surface area (Å²) >= 11 is 0. The molecular formula is C10H37O27P7Si4. The Balaban J connectivity index is 6.47. The second-order valence-corrected chi connectivity index (χ2v) is 34.3. The fourth-order valence-corrected chi connectivity index (χ4v) is 30.9. The molecule has 290 valence electrons. The molecule has 0 aliphatic carbocycles. The fourth-order valence-electron chi connectivity index (χ4n) is 3.69. The van der Waals surface area contributed by atoms with E-state index in [1.54, 1.807) is 0 Å². The number of rotatable bonds is 23. The van der Waals surface area contributed by atoms with Crippen molar-refractivity contribution in [1.29, 1.82) is 0 Å². The van der Waals surface area contributed by atoms with Gasteiger partial charge in [-0.1, -0.05) is 0 Å². The third-order valence-electron chi connectivity index (χ3n) is 4.81. The summed E-state index contributed by atoms with van der Waals surface area (Å²) < 4.78 is 108. The van der Waals surface area contributed by atoms with Gasteiger partial charge in [-0.3, -0.25) is 0 Å². The summed E-state index contributed by atoms with van der Waals surface area (Å²) in [5, 5.41) is 0. The predicted molar refractivity (Wildman–Crippen MR) is 168 cm³/mol. The Morgan fingerprint density at radius 3 is 0.833 bits per heavy atom. The monoisotopic (exact) mass is 918 g/mol. The third-order valence-corrected chi connectivity index (χ3v) is 30.3. The van der Waals surface area contributed by atoms with Crippen LogP contribution in [0.5, 0.6) is 0 Å². The Kier molecular flexibility index (Phi) is 17.6. The van der Waals surface area contributed by atoms with E-state index in [1.165, 1.54) is 0 Å². The zero-order valence-electron chi connectivity index (χ0n) is 24.9. The van der Waals surface area contributed by atoms with Crippen LogP contribution in [-0.2, 0) is 61.1 Å². The van der Waals surface area contributed by atoms with Crippen LogP contribution in [0.25, 0.3) is 0 Å². The van der Waals surface area contributed by atoms with Gasteiger partial charge < -0.3 is 97.3 Å². The van der Waals surface area contributed by atoms with Crippen LogP contribution >= 0.6 is 54.5 Å². The van der Waals surface area contributed by atoms with Crippen LogP contribution in [0, 0.1) is 0 Å². The predicted octanol–water partition coefficient (Wildman–Crippen LogP) is 0.540. The molecule has 27 nitrogen and oxygen atoms in total. The van der Waals surface area contributed by atoms with Crippen molar-refractivity contribution in [2.75, 3.05) is 0 Å². The quantitative estimate of drug-likeness (QED) is 0.0491. The topological polar surface area (TPSA) is 439 Å². The lowest BCUT2D eigenvalue weighted by Gasteiger charge is -2.35. The molecule has 38 heteroatoms. The first kappa shape index (κ1) is 49.7. The first-order valence-electron chi connectivity index (χ1n) is 12.0. The van der Waals surface area contributed by atoms with Crippen molar-refractivity contribution in [2.24, 2.45) is 0 Å². The van der Waals surface area contributed by atoms with E-state index in [9.17, 15) is 71.4 Å². The molecule has 0 amide bonds. The lowest BCUT2D eigenvalue weighted by molar-refractivity contribution is 0.207. The molecule has 4 unspecified atom stereocenters.